The second-order valence-electron chi connectivity index (χ2n) is 3.39. The predicted octanol–water partition coefficient (Wildman–Crippen LogP) is 2.28. The van der Waals surface area contributed by atoms with E-state index < -0.39 is 0 Å². The number of benzene rings is 1. The van der Waals surface area contributed by atoms with Gasteiger partial charge in [-0.25, -0.2) is 4.79 Å². The highest BCUT2D eigenvalue weighted by molar-refractivity contribution is 5.89. The summed E-state index contributed by atoms with van der Waals surface area (Å²) in [6.07, 6.45) is 0.474. The molecule has 1 rings (SSSR count). The van der Waals surface area contributed by atoms with Crippen molar-refractivity contribution in [2.24, 2.45) is 0 Å². The van der Waals surface area contributed by atoms with Crippen molar-refractivity contribution in [3.63, 3.8) is 0 Å². The molecule has 0 amide bonds. The van der Waals surface area contributed by atoms with Crippen molar-refractivity contribution in [1.82, 2.24) is 0 Å². The van der Waals surface area contributed by atoms with Crippen molar-refractivity contribution in [2.45, 2.75) is 13.3 Å². The van der Waals surface area contributed by atoms with E-state index in [-0.39, 0.29) is 12.6 Å². The molecule has 0 aliphatic heterocycles. The fourth-order valence-corrected chi connectivity index (χ4v) is 1.11. The van der Waals surface area contributed by atoms with Crippen molar-refractivity contribution in [1.29, 1.82) is 5.41 Å². The normalized spacial score (nSPS) is 9.62. The Kier molecular flexibility index (Phi) is 4.51. The Hall–Kier alpha value is -1.84. The Bertz CT molecular complexity index is 370. The SMILES string of the molecule is COc1ccc(C(=O)OCCC(C)=N)cc1. The zero-order valence-corrected chi connectivity index (χ0v) is 9.45. The summed E-state index contributed by atoms with van der Waals surface area (Å²) in [5.74, 6) is 0.329. The highest BCUT2D eigenvalue weighted by Crippen LogP contribution is 2.12. The number of hydrogen-bond acceptors (Lipinski definition) is 4. The predicted molar refractivity (Wildman–Crippen MR) is 61.3 cm³/mol. The summed E-state index contributed by atoms with van der Waals surface area (Å²) >= 11 is 0. The van der Waals surface area contributed by atoms with Crippen molar-refractivity contribution in [3.05, 3.63) is 29.8 Å². The second-order valence-corrected chi connectivity index (χ2v) is 3.39. The minimum absolute atomic E-state index is 0.250. The lowest BCUT2D eigenvalue weighted by Gasteiger charge is -2.04. The maximum absolute atomic E-state index is 11.5. The van der Waals surface area contributed by atoms with Crippen LogP contribution in [0.3, 0.4) is 0 Å². The molecule has 0 aliphatic carbocycles. The van der Waals surface area contributed by atoms with Gasteiger partial charge in [0.2, 0.25) is 0 Å². The van der Waals surface area contributed by atoms with E-state index in [1.807, 2.05) is 0 Å². The van der Waals surface area contributed by atoms with Gasteiger partial charge in [0.1, 0.15) is 5.75 Å². The Morgan fingerprint density at radius 2 is 1.94 bits per heavy atom. The van der Waals surface area contributed by atoms with Crippen LogP contribution in [0.15, 0.2) is 24.3 Å². The monoisotopic (exact) mass is 221 g/mol. The maximum atomic E-state index is 11.5. The molecule has 0 atom stereocenters. The molecule has 4 heteroatoms. The molecule has 0 radical (unpaired) electrons. The molecule has 1 aromatic rings. The van der Waals surface area contributed by atoms with E-state index in [1.54, 1.807) is 38.3 Å². The summed E-state index contributed by atoms with van der Waals surface area (Å²) < 4.78 is 9.97. The lowest BCUT2D eigenvalue weighted by atomic mass is 10.2. The third kappa shape index (κ3) is 3.73. The van der Waals surface area contributed by atoms with Gasteiger partial charge in [-0.05, 0) is 31.2 Å². The largest absolute Gasteiger partial charge is 0.497 e. The van der Waals surface area contributed by atoms with Crippen molar-refractivity contribution in [2.75, 3.05) is 13.7 Å². The summed E-state index contributed by atoms with van der Waals surface area (Å²) in [5, 5.41) is 7.19. The molecule has 16 heavy (non-hydrogen) atoms. The lowest BCUT2D eigenvalue weighted by Crippen LogP contribution is -2.08. The first-order chi connectivity index (χ1) is 7.63. The van der Waals surface area contributed by atoms with Gasteiger partial charge in [-0.2, -0.15) is 0 Å². The Balaban J connectivity index is 2.49. The molecule has 0 unspecified atom stereocenters. The first kappa shape index (κ1) is 12.2. The number of hydrogen-bond donors (Lipinski definition) is 1. The van der Waals surface area contributed by atoms with Crippen LogP contribution in [0.5, 0.6) is 5.75 Å². The van der Waals surface area contributed by atoms with E-state index in [9.17, 15) is 4.79 Å². The molecule has 0 heterocycles. The van der Waals surface area contributed by atoms with Gasteiger partial charge in [0.05, 0.1) is 19.3 Å². The average Bonchev–Trinajstić information content (AvgIpc) is 2.28. The molecule has 0 saturated heterocycles. The van der Waals surface area contributed by atoms with Gasteiger partial charge in [-0.3, -0.25) is 0 Å². The van der Waals surface area contributed by atoms with Crippen LogP contribution in [0.1, 0.15) is 23.7 Å². The van der Waals surface area contributed by atoms with Gasteiger partial charge in [-0.1, -0.05) is 0 Å². The number of ether oxygens (including phenoxy) is 2. The molecular weight excluding hydrogens is 206 g/mol. The fourth-order valence-electron chi connectivity index (χ4n) is 1.11. The number of carbonyl (C=O) groups excluding carboxylic acids is 1. The molecule has 1 aromatic carbocycles. The molecule has 0 aliphatic rings. The van der Waals surface area contributed by atoms with Gasteiger partial charge < -0.3 is 14.9 Å². The van der Waals surface area contributed by atoms with Crippen LogP contribution in [0.4, 0.5) is 0 Å². The molecule has 86 valence electrons. The number of carbonyl (C=O) groups is 1. The van der Waals surface area contributed by atoms with Crippen LogP contribution >= 0.6 is 0 Å². The molecule has 0 bridgehead atoms. The van der Waals surface area contributed by atoms with E-state index in [0.29, 0.717) is 23.4 Å². The lowest BCUT2D eigenvalue weighted by molar-refractivity contribution is 0.0515. The highest BCUT2D eigenvalue weighted by Gasteiger charge is 2.06. The number of methoxy groups -OCH3 is 1. The smallest absolute Gasteiger partial charge is 0.338 e. The number of esters is 1. The Labute approximate surface area is 94.7 Å². The zero-order valence-electron chi connectivity index (χ0n) is 9.45. The van der Waals surface area contributed by atoms with E-state index in [1.165, 1.54) is 0 Å². The van der Waals surface area contributed by atoms with Gasteiger partial charge in [0, 0.05) is 12.1 Å². The first-order valence-electron chi connectivity index (χ1n) is 4.98. The summed E-state index contributed by atoms with van der Waals surface area (Å²) in [7, 11) is 1.57. The van der Waals surface area contributed by atoms with Crippen LogP contribution in [0, 0.1) is 5.41 Å². The summed E-state index contributed by atoms with van der Waals surface area (Å²) in [5.41, 5.74) is 0.992. The van der Waals surface area contributed by atoms with Gasteiger partial charge in [0.15, 0.2) is 0 Å². The minimum Gasteiger partial charge on any atom is -0.497 e. The molecule has 4 nitrogen and oxygen atoms in total. The van der Waals surface area contributed by atoms with E-state index in [0.717, 1.165) is 0 Å². The number of rotatable bonds is 5. The third-order valence-electron chi connectivity index (χ3n) is 2.04. The zero-order chi connectivity index (χ0) is 12.0. The summed E-state index contributed by atoms with van der Waals surface area (Å²) in [6.45, 7) is 1.93. The van der Waals surface area contributed by atoms with Gasteiger partial charge in [-0.15, -0.1) is 0 Å². The highest BCUT2D eigenvalue weighted by atomic mass is 16.5. The van der Waals surface area contributed by atoms with E-state index in [4.69, 9.17) is 14.9 Å². The Morgan fingerprint density at radius 3 is 2.44 bits per heavy atom. The average molecular weight is 221 g/mol. The van der Waals surface area contributed by atoms with Crippen molar-refractivity contribution in [3.8, 4) is 5.75 Å². The maximum Gasteiger partial charge on any atom is 0.338 e. The molecular formula is C12H15NO3. The number of nitrogens with one attached hydrogen (secondary N) is 1. The van der Waals surface area contributed by atoms with E-state index in [2.05, 4.69) is 0 Å². The van der Waals surface area contributed by atoms with Crippen molar-refractivity contribution < 1.29 is 14.3 Å². The molecule has 0 aromatic heterocycles. The topological polar surface area (TPSA) is 59.4 Å². The quantitative estimate of drug-likeness (QED) is 0.613. The third-order valence-corrected chi connectivity index (χ3v) is 2.04. The van der Waals surface area contributed by atoms with E-state index >= 15 is 0 Å². The standard InChI is InChI=1S/C12H15NO3/c1-9(13)7-8-16-12(14)10-3-5-11(15-2)6-4-10/h3-6,13H,7-8H2,1-2H3. The minimum atomic E-state index is -0.371. The Morgan fingerprint density at radius 1 is 1.31 bits per heavy atom. The van der Waals surface area contributed by atoms with Crippen LogP contribution in [-0.4, -0.2) is 25.4 Å². The molecule has 0 spiro atoms. The van der Waals surface area contributed by atoms with Crippen LogP contribution in [0.25, 0.3) is 0 Å². The van der Waals surface area contributed by atoms with Crippen LogP contribution < -0.4 is 4.74 Å². The molecule has 1 N–H and O–H groups in total. The first-order valence-corrected chi connectivity index (χ1v) is 4.98. The molecule has 0 saturated carbocycles. The fraction of sp³-hybridized carbons (Fsp3) is 0.333. The summed E-state index contributed by atoms with van der Waals surface area (Å²) in [4.78, 5) is 11.5. The summed E-state index contributed by atoms with van der Waals surface area (Å²) in [6, 6.07) is 6.72. The second kappa shape index (κ2) is 5.90. The van der Waals surface area contributed by atoms with Crippen LogP contribution in [-0.2, 0) is 4.74 Å². The molecule has 0 fully saturated rings. The van der Waals surface area contributed by atoms with Gasteiger partial charge >= 0.3 is 5.97 Å². The van der Waals surface area contributed by atoms with Crippen LogP contribution in [0.2, 0.25) is 0 Å². The van der Waals surface area contributed by atoms with Gasteiger partial charge in [0.25, 0.3) is 0 Å². The van der Waals surface area contributed by atoms with Crippen molar-refractivity contribution >= 4 is 11.7 Å².